The van der Waals surface area contributed by atoms with E-state index in [1.54, 1.807) is 36.7 Å². The minimum atomic E-state index is -0.899. The van der Waals surface area contributed by atoms with E-state index in [4.69, 9.17) is 0 Å². The van der Waals surface area contributed by atoms with Gasteiger partial charge >= 0.3 is 0 Å². The molecule has 2 aliphatic rings. The van der Waals surface area contributed by atoms with E-state index in [9.17, 15) is 47.9 Å². The molecule has 0 aliphatic carbocycles. The Morgan fingerprint density at radius 3 is 1.21 bits per heavy atom. The van der Waals surface area contributed by atoms with Crippen LogP contribution in [0.5, 0.6) is 0 Å². The van der Waals surface area contributed by atoms with Gasteiger partial charge in [0.1, 0.15) is 12.1 Å². The molecule has 0 unspecified atom stereocenters. The van der Waals surface area contributed by atoms with Crippen molar-refractivity contribution in [2.24, 2.45) is 0 Å². The molecule has 0 bridgehead atoms. The van der Waals surface area contributed by atoms with Crippen LogP contribution in [0.15, 0.2) is 49.3 Å². The van der Waals surface area contributed by atoms with Gasteiger partial charge in [0.25, 0.3) is 23.6 Å². The number of nitrogens with zero attached hydrogens (tertiary/aromatic N) is 6. The molecule has 0 radical (unpaired) electrons. The monoisotopic (exact) mass is 994 g/mol. The van der Waals surface area contributed by atoms with Gasteiger partial charge in [0.05, 0.1) is 25.7 Å². The lowest BCUT2D eigenvalue weighted by Gasteiger charge is -2.32. The molecule has 24 nitrogen and oxygen atoms in total. The lowest BCUT2D eigenvalue weighted by Crippen LogP contribution is -2.50. The van der Waals surface area contributed by atoms with Gasteiger partial charge in [-0.3, -0.25) is 57.7 Å². The van der Waals surface area contributed by atoms with Crippen LogP contribution in [0.4, 0.5) is 0 Å². The molecule has 2 aromatic heterocycles. The SMILES string of the molecule is CC(=O)NCC(=O)N[C@@H](Cc1cnc[nH]1)C(=O)NCCCN(C)CCCN1C(=O)c2ccc3c4c(ccc(c24)C1=O)C(=O)N(CCCN(C)CCCNC(=O)[C@H](Cc1cnc[nH]1)NC(=O)CNC(C)=O)C3=O. The number of rotatable bonds is 28. The summed E-state index contributed by atoms with van der Waals surface area (Å²) in [6, 6.07) is 4.36. The first-order chi connectivity index (χ1) is 34.5. The fraction of sp³-hybridized carbons (Fsp3) is 0.458. The second kappa shape index (κ2) is 25.3. The minimum Gasteiger partial charge on any atom is -0.354 e. The minimum absolute atomic E-state index is 0.125. The second-order valence-corrected chi connectivity index (χ2v) is 17.8. The van der Waals surface area contributed by atoms with Gasteiger partial charge in [-0.25, -0.2) is 9.97 Å². The van der Waals surface area contributed by atoms with Crippen LogP contribution in [0.1, 0.15) is 92.4 Å². The van der Waals surface area contributed by atoms with Crippen molar-refractivity contribution in [3.63, 3.8) is 0 Å². The highest BCUT2D eigenvalue weighted by atomic mass is 16.2. The molecule has 2 atom stereocenters. The van der Waals surface area contributed by atoms with E-state index in [0.717, 1.165) is 0 Å². The summed E-state index contributed by atoms with van der Waals surface area (Å²) in [5, 5.41) is 16.4. The topological polar surface area (TPSA) is 313 Å². The number of H-pyrrole nitrogens is 2. The van der Waals surface area contributed by atoms with Crippen molar-refractivity contribution in [1.82, 2.24) is 71.4 Å². The summed E-state index contributed by atoms with van der Waals surface area (Å²) in [5.41, 5.74) is 2.23. The molecule has 0 saturated heterocycles. The van der Waals surface area contributed by atoms with Crippen molar-refractivity contribution in [2.75, 3.05) is 79.5 Å². The van der Waals surface area contributed by atoms with E-state index < -0.39 is 59.3 Å². The lowest BCUT2D eigenvalue weighted by molar-refractivity contribution is -0.129. The van der Waals surface area contributed by atoms with Crippen molar-refractivity contribution >= 4 is 69.8 Å². The molecule has 4 aromatic rings. The van der Waals surface area contributed by atoms with Gasteiger partial charge in [-0.2, -0.15) is 0 Å². The Balaban J connectivity index is 0.939. The van der Waals surface area contributed by atoms with E-state index >= 15 is 0 Å². The Morgan fingerprint density at radius 2 is 0.889 bits per heavy atom. The van der Waals surface area contributed by atoms with Crippen LogP contribution < -0.4 is 31.9 Å². The highest BCUT2D eigenvalue weighted by molar-refractivity contribution is 6.33. The van der Waals surface area contributed by atoms with E-state index in [2.05, 4.69) is 51.8 Å². The van der Waals surface area contributed by atoms with Crippen LogP contribution in [0.25, 0.3) is 10.8 Å². The summed E-state index contributed by atoms with van der Waals surface area (Å²) in [6.45, 7) is 5.14. The zero-order valence-corrected chi connectivity index (χ0v) is 40.9. The van der Waals surface area contributed by atoms with Crippen LogP contribution in [0, 0.1) is 0 Å². The molecule has 72 heavy (non-hydrogen) atoms. The average molecular weight is 995 g/mol. The summed E-state index contributed by atoms with van der Waals surface area (Å²) in [7, 11) is 3.77. The third-order valence-corrected chi connectivity index (χ3v) is 12.2. The number of hydrogen-bond acceptors (Lipinski definition) is 14. The van der Waals surface area contributed by atoms with Crippen molar-refractivity contribution < 1.29 is 47.9 Å². The number of aromatic nitrogens is 4. The van der Waals surface area contributed by atoms with Crippen molar-refractivity contribution in [2.45, 2.75) is 64.5 Å². The molecular formula is C48H62N14O10. The molecule has 0 saturated carbocycles. The number of amides is 10. The Kier molecular flexibility index (Phi) is 18.8. The summed E-state index contributed by atoms with van der Waals surface area (Å²) in [5.74, 6) is -4.61. The zero-order chi connectivity index (χ0) is 51.9. The third-order valence-electron chi connectivity index (χ3n) is 12.2. The first kappa shape index (κ1) is 53.5. The van der Waals surface area contributed by atoms with Gasteiger partial charge < -0.3 is 51.7 Å². The number of carbonyl (C=O) groups is 10. The molecule has 0 fully saturated rings. The van der Waals surface area contributed by atoms with Gasteiger partial charge in [-0.1, -0.05) is 0 Å². The molecule has 8 N–H and O–H groups in total. The number of imide groups is 2. The standard InChI is InChI=1S/C48H62N14O10/c1-29(63)53-25-39(65)57-37(21-31-23-49-27-55-31)43(67)51-13-5-15-59(3)17-7-19-61-45(69)33-9-11-35-42-36(12-10-34(41(33)42)46(61)70)48(72)62(47(35)71)20-8-18-60(4)16-6-14-52-44(68)38(22-32-24-50-28-56-32)58-40(66)26-54-30(2)64/h9-12,23-24,27-28,37-38H,5-8,13-22,25-26H2,1-4H3,(H,49,55)(H,50,56)(H,51,67)(H,52,68)(H,53,63)(H,54,64)(H,57,65)(H,58,66)/t37-,38-/m0/s1. The number of nitrogens with one attached hydrogen (secondary N) is 8. The number of aromatic amines is 2. The van der Waals surface area contributed by atoms with E-state index in [-0.39, 0.29) is 73.1 Å². The average Bonchev–Trinajstić information content (AvgIpc) is 4.08. The summed E-state index contributed by atoms with van der Waals surface area (Å²) in [4.78, 5) is 149. The molecule has 4 heterocycles. The highest BCUT2D eigenvalue weighted by Gasteiger charge is 2.39. The highest BCUT2D eigenvalue weighted by Crippen LogP contribution is 2.38. The maximum absolute atomic E-state index is 13.9. The summed E-state index contributed by atoms with van der Waals surface area (Å²) < 4.78 is 0. The smallest absolute Gasteiger partial charge is 0.261 e. The molecule has 384 valence electrons. The Bertz CT molecular complexity index is 2410. The lowest BCUT2D eigenvalue weighted by atomic mass is 9.86. The Hall–Kier alpha value is -7.86. The first-order valence-corrected chi connectivity index (χ1v) is 23.8. The Labute approximate surface area is 415 Å². The molecule has 2 aromatic carbocycles. The predicted octanol–water partition coefficient (Wildman–Crippen LogP) is -1.14. The van der Waals surface area contributed by atoms with Crippen LogP contribution in [0.2, 0.25) is 0 Å². The van der Waals surface area contributed by atoms with Crippen LogP contribution in [-0.4, -0.2) is 190 Å². The number of benzene rings is 2. The normalized spacial score (nSPS) is 13.9. The van der Waals surface area contributed by atoms with Gasteiger partial charge in [0.15, 0.2) is 0 Å². The molecule has 24 heteroatoms. The maximum Gasteiger partial charge on any atom is 0.261 e. The maximum atomic E-state index is 13.9. The molecule has 2 aliphatic heterocycles. The van der Waals surface area contributed by atoms with Crippen molar-refractivity contribution in [3.05, 3.63) is 83.0 Å². The van der Waals surface area contributed by atoms with Gasteiger partial charge in [-0.05, 0) is 90.2 Å². The number of imidazole rings is 2. The van der Waals surface area contributed by atoms with Gasteiger partial charge in [0.2, 0.25) is 35.4 Å². The van der Waals surface area contributed by atoms with Crippen LogP contribution in [0.3, 0.4) is 0 Å². The van der Waals surface area contributed by atoms with Gasteiger partial charge in [-0.15, -0.1) is 0 Å². The third kappa shape index (κ3) is 14.1. The van der Waals surface area contributed by atoms with E-state index in [1.807, 2.05) is 23.9 Å². The molecular weight excluding hydrogens is 933 g/mol. The fourth-order valence-electron chi connectivity index (χ4n) is 8.52. The van der Waals surface area contributed by atoms with Gasteiger partial charge in [0, 0.05) is 110 Å². The van der Waals surface area contributed by atoms with Crippen molar-refractivity contribution in [3.8, 4) is 0 Å². The van der Waals surface area contributed by atoms with Crippen molar-refractivity contribution in [1.29, 1.82) is 0 Å². The number of hydrogen-bond donors (Lipinski definition) is 8. The Morgan fingerprint density at radius 1 is 0.542 bits per heavy atom. The summed E-state index contributed by atoms with van der Waals surface area (Å²) in [6.07, 6.45) is 8.44. The van der Waals surface area contributed by atoms with E-state index in [1.165, 1.54) is 36.3 Å². The first-order valence-electron chi connectivity index (χ1n) is 23.8. The largest absolute Gasteiger partial charge is 0.354 e. The predicted molar refractivity (Wildman–Crippen MR) is 260 cm³/mol. The van der Waals surface area contributed by atoms with Crippen LogP contribution >= 0.6 is 0 Å². The molecule has 0 spiro atoms. The van der Waals surface area contributed by atoms with E-state index in [0.29, 0.717) is 87.1 Å². The van der Waals surface area contributed by atoms with Crippen LogP contribution in [-0.2, 0) is 41.6 Å². The molecule has 6 rings (SSSR count). The quantitative estimate of drug-likeness (QED) is 0.0247. The summed E-state index contributed by atoms with van der Waals surface area (Å²) >= 11 is 0. The molecule has 10 amide bonds. The number of carbonyl (C=O) groups excluding carboxylic acids is 10. The zero-order valence-electron chi connectivity index (χ0n) is 40.9. The second-order valence-electron chi connectivity index (χ2n) is 17.8. The fourth-order valence-corrected chi connectivity index (χ4v) is 8.52.